The Balaban J connectivity index is 2.34. The third-order valence-corrected chi connectivity index (χ3v) is 3.15. The Morgan fingerprint density at radius 2 is 2.25 bits per heavy atom. The van der Waals surface area contributed by atoms with Crippen LogP contribution in [0.2, 0.25) is 0 Å². The molecule has 2 aromatic rings. The molecule has 0 atom stereocenters. The van der Waals surface area contributed by atoms with E-state index in [1.165, 1.54) is 0 Å². The Hall–Kier alpha value is -1.36. The number of hydrogen-bond acceptors (Lipinski definition) is 2. The van der Waals surface area contributed by atoms with Crippen molar-refractivity contribution in [2.24, 2.45) is 7.05 Å². The number of rotatable bonds is 2. The quantitative estimate of drug-likeness (QED) is 0.841. The van der Waals surface area contributed by atoms with E-state index in [1.54, 1.807) is 30.1 Å². The summed E-state index contributed by atoms with van der Waals surface area (Å²) in [6, 6.07) is 3.58. The first kappa shape index (κ1) is 11.1. The number of halogens is 1. The van der Waals surface area contributed by atoms with Crippen LogP contribution in [-0.2, 0) is 13.6 Å². The van der Waals surface area contributed by atoms with Crippen LogP contribution in [0.5, 0.6) is 0 Å². The fourth-order valence-electron chi connectivity index (χ4n) is 1.50. The lowest BCUT2D eigenvalue weighted by atomic mass is 10.2. The van der Waals surface area contributed by atoms with Crippen molar-refractivity contribution in [3.8, 4) is 0 Å². The van der Waals surface area contributed by atoms with Crippen molar-refractivity contribution in [2.45, 2.75) is 13.5 Å². The fourth-order valence-corrected chi connectivity index (χ4v) is 1.99. The van der Waals surface area contributed by atoms with Crippen LogP contribution in [0.4, 0.5) is 0 Å². The maximum absolute atomic E-state index is 11.5. The van der Waals surface area contributed by atoms with Crippen molar-refractivity contribution < 1.29 is 0 Å². The van der Waals surface area contributed by atoms with Gasteiger partial charge in [0, 0.05) is 19.3 Å². The van der Waals surface area contributed by atoms with E-state index < -0.39 is 0 Å². The molecule has 0 aromatic carbocycles. The van der Waals surface area contributed by atoms with Crippen molar-refractivity contribution in [1.82, 2.24) is 14.1 Å². The third kappa shape index (κ3) is 2.09. The molecule has 84 valence electrons. The van der Waals surface area contributed by atoms with Crippen LogP contribution in [0.3, 0.4) is 0 Å². The molecule has 0 unspecified atom stereocenters. The number of imidazole rings is 1. The highest BCUT2D eigenvalue weighted by Crippen LogP contribution is 2.13. The van der Waals surface area contributed by atoms with Crippen LogP contribution < -0.4 is 5.56 Å². The molecule has 2 rings (SSSR count). The van der Waals surface area contributed by atoms with Crippen LogP contribution in [0.1, 0.15) is 11.4 Å². The highest BCUT2D eigenvalue weighted by atomic mass is 79.9. The van der Waals surface area contributed by atoms with E-state index in [9.17, 15) is 4.79 Å². The van der Waals surface area contributed by atoms with Crippen molar-refractivity contribution in [3.63, 3.8) is 0 Å². The molecule has 16 heavy (non-hydrogen) atoms. The van der Waals surface area contributed by atoms with Crippen LogP contribution in [0.15, 0.2) is 33.9 Å². The Morgan fingerprint density at radius 3 is 2.81 bits per heavy atom. The van der Waals surface area contributed by atoms with Crippen LogP contribution in [-0.4, -0.2) is 14.1 Å². The van der Waals surface area contributed by atoms with Gasteiger partial charge in [0.1, 0.15) is 10.4 Å². The summed E-state index contributed by atoms with van der Waals surface area (Å²) in [5.74, 6) is 0.924. The molecule has 0 N–H and O–H groups in total. The highest BCUT2D eigenvalue weighted by molar-refractivity contribution is 9.10. The molecule has 0 fully saturated rings. The molecule has 2 aromatic heterocycles. The first-order valence-electron chi connectivity index (χ1n) is 4.91. The standard InChI is InChI=1S/C11H12BrN3O/c1-8-13-6-10(12)15(8)7-9-3-4-14(2)11(16)5-9/h3-6H,7H2,1-2H3. The lowest BCUT2D eigenvalue weighted by Gasteiger charge is -2.07. The Morgan fingerprint density at radius 1 is 1.50 bits per heavy atom. The first-order valence-corrected chi connectivity index (χ1v) is 5.70. The second-order valence-corrected chi connectivity index (χ2v) is 4.51. The van der Waals surface area contributed by atoms with E-state index >= 15 is 0 Å². The van der Waals surface area contributed by atoms with Crippen molar-refractivity contribution >= 4 is 15.9 Å². The molecule has 0 spiro atoms. The molecule has 0 saturated heterocycles. The molecule has 2 heterocycles. The van der Waals surface area contributed by atoms with Gasteiger partial charge in [-0.25, -0.2) is 4.98 Å². The predicted octanol–water partition coefficient (Wildman–Crippen LogP) is 1.70. The minimum Gasteiger partial charge on any atom is -0.319 e. The van der Waals surface area contributed by atoms with Gasteiger partial charge in [0.25, 0.3) is 5.56 Å². The average molecular weight is 282 g/mol. The zero-order chi connectivity index (χ0) is 11.7. The summed E-state index contributed by atoms with van der Waals surface area (Å²) in [6.07, 6.45) is 3.54. The molecule has 4 nitrogen and oxygen atoms in total. The van der Waals surface area contributed by atoms with Gasteiger partial charge in [-0.3, -0.25) is 4.79 Å². The summed E-state index contributed by atoms with van der Waals surface area (Å²) in [7, 11) is 1.74. The van der Waals surface area contributed by atoms with Gasteiger partial charge in [-0.1, -0.05) is 0 Å². The van der Waals surface area contributed by atoms with Gasteiger partial charge >= 0.3 is 0 Å². The minimum atomic E-state index is 0.00592. The molecule has 0 radical (unpaired) electrons. The average Bonchev–Trinajstić information content (AvgIpc) is 2.55. The van der Waals surface area contributed by atoms with E-state index in [4.69, 9.17) is 0 Å². The minimum absolute atomic E-state index is 0.00592. The van der Waals surface area contributed by atoms with E-state index in [2.05, 4.69) is 20.9 Å². The van der Waals surface area contributed by atoms with Crippen molar-refractivity contribution in [2.75, 3.05) is 0 Å². The number of nitrogens with zero attached hydrogens (tertiary/aromatic N) is 3. The smallest absolute Gasteiger partial charge is 0.250 e. The predicted molar refractivity (Wildman–Crippen MR) is 65.4 cm³/mol. The lowest BCUT2D eigenvalue weighted by Crippen LogP contribution is -2.16. The van der Waals surface area contributed by atoms with E-state index in [0.29, 0.717) is 6.54 Å². The molecular formula is C11H12BrN3O. The van der Waals surface area contributed by atoms with Gasteiger partial charge in [-0.15, -0.1) is 0 Å². The van der Waals surface area contributed by atoms with E-state index in [-0.39, 0.29) is 5.56 Å². The molecule has 0 amide bonds. The molecule has 0 saturated carbocycles. The largest absolute Gasteiger partial charge is 0.319 e. The summed E-state index contributed by atoms with van der Waals surface area (Å²) in [5, 5.41) is 0. The number of aromatic nitrogens is 3. The molecule has 0 bridgehead atoms. The van der Waals surface area contributed by atoms with Gasteiger partial charge in [0.15, 0.2) is 0 Å². The number of pyridine rings is 1. The summed E-state index contributed by atoms with van der Waals surface area (Å²) < 4.78 is 4.49. The SMILES string of the molecule is Cc1ncc(Br)n1Cc1ccn(C)c(=O)c1. The van der Waals surface area contributed by atoms with Gasteiger partial charge in [-0.05, 0) is 34.5 Å². The Labute approximate surface area is 102 Å². The summed E-state index contributed by atoms with van der Waals surface area (Å²) in [4.78, 5) is 15.6. The van der Waals surface area contributed by atoms with Gasteiger partial charge in [-0.2, -0.15) is 0 Å². The first-order chi connectivity index (χ1) is 7.58. The molecule has 0 aliphatic carbocycles. The third-order valence-electron chi connectivity index (χ3n) is 2.52. The maximum Gasteiger partial charge on any atom is 0.250 e. The maximum atomic E-state index is 11.5. The Kier molecular flexibility index (Phi) is 2.96. The van der Waals surface area contributed by atoms with Crippen LogP contribution in [0, 0.1) is 6.92 Å². The number of aryl methyl sites for hydroxylation is 2. The highest BCUT2D eigenvalue weighted by Gasteiger charge is 2.05. The van der Waals surface area contributed by atoms with E-state index in [0.717, 1.165) is 16.0 Å². The molecule has 0 aliphatic heterocycles. The summed E-state index contributed by atoms with van der Waals surface area (Å²) in [5.41, 5.74) is 0.983. The zero-order valence-corrected chi connectivity index (χ0v) is 10.7. The van der Waals surface area contributed by atoms with Crippen molar-refractivity contribution in [3.05, 3.63) is 50.9 Å². The van der Waals surface area contributed by atoms with Crippen LogP contribution in [0.25, 0.3) is 0 Å². The van der Waals surface area contributed by atoms with E-state index in [1.807, 2.05) is 17.6 Å². The molecule has 0 aliphatic rings. The Bertz CT molecular complexity index is 551. The van der Waals surface area contributed by atoms with Gasteiger partial charge in [0.2, 0.25) is 0 Å². The normalized spacial score (nSPS) is 10.7. The topological polar surface area (TPSA) is 39.8 Å². The summed E-state index contributed by atoms with van der Waals surface area (Å²) in [6.45, 7) is 2.59. The van der Waals surface area contributed by atoms with Crippen molar-refractivity contribution in [1.29, 1.82) is 0 Å². The monoisotopic (exact) mass is 281 g/mol. The van der Waals surface area contributed by atoms with Gasteiger partial charge < -0.3 is 9.13 Å². The van der Waals surface area contributed by atoms with Gasteiger partial charge in [0.05, 0.1) is 12.7 Å². The second-order valence-electron chi connectivity index (χ2n) is 3.70. The zero-order valence-electron chi connectivity index (χ0n) is 9.14. The summed E-state index contributed by atoms with van der Waals surface area (Å²) >= 11 is 3.42. The fraction of sp³-hybridized carbons (Fsp3) is 0.273. The second kappa shape index (κ2) is 4.25. The lowest BCUT2D eigenvalue weighted by molar-refractivity contribution is 0.737. The molecule has 5 heteroatoms. The number of hydrogen-bond donors (Lipinski definition) is 0. The van der Waals surface area contributed by atoms with Crippen LogP contribution >= 0.6 is 15.9 Å². The molecular weight excluding hydrogens is 270 g/mol.